The zero-order chi connectivity index (χ0) is 20.2. The average Bonchev–Trinajstić information content (AvgIpc) is 2.68. The van der Waals surface area contributed by atoms with Crippen LogP contribution in [0.25, 0.3) is 0 Å². The van der Waals surface area contributed by atoms with Crippen LogP contribution in [0.5, 0.6) is 17.2 Å². The van der Waals surface area contributed by atoms with Gasteiger partial charge in [-0.3, -0.25) is 0 Å². The molecule has 8 heteroatoms. The van der Waals surface area contributed by atoms with E-state index in [0.29, 0.717) is 0 Å². The number of rotatable bonds is 7. The summed E-state index contributed by atoms with van der Waals surface area (Å²) in [6.45, 7) is 1.54. The van der Waals surface area contributed by atoms with Gasteiger partial charge in [0.25, 0.3) is 0 Å². The summed E-state index contributed by atoms with van der Waals surface area (Å²) in [5, 5.41) is 18.2. The Bertz CT molecular complexity index is 710. The number of carboxylic acids is 2. The van der Waals surface area contributed by atoms with Crippen LogP contribution in [0.3, 0.4) is 0 Å². The number of ether oxygens (including phenoxy) is 3. The maximum absolute atomic E-state index is 9.10. The van der Waals surface area contributed by atoms with Gasteiger partial charge in [-0.1, -0.05) is 12.1 Å². The topological polar surface area (TPSA) is 114 Å². The molecule has 0 unspecified atom stereocenters. The number of methoxy groups -OCH3 is 3. The number of carboxylic acid groups (broad SMARTS) is 2. The summed E-state index contributed by atoms with van der Waals surface area (Å²) < 4.78 is 15.7. The number of benzene rings is 2. The Balaban J connectivity index is 0.000000527. The molecule has 0 aliphatic carbocycles. The first kappa shape index (κ1) is 21.8. The smallest absolute Gasteiger partial charge is 0.414 e. The lowest BCUT2D eigenvalue weighted by Gasteiger charge is -2.10. The van der Waals surface area contributed by atoms with E-state index in [1.54, 1.807) is 21.3 Å². The first-order valence-electron chi connectivity index (χ1n) is 7.91. The fourth-order valence-corrected chi connectivity index (χ4v) is 2.06. The van der Waals surface area contributed by atoms with Crippen molar-refractivity contribution in [3.8, 4) is 17.2 Å². The highest BCUT2D eigenvalue weighted by molar-refractivity contribution is 6.27. The summed E-state index contributed by atoms with van der Waals surface area (Å²) in [6.07, 6.45) is 0. The normalized spacial score (nSPS) is 9.59. The summed E-state index contributed by atoms with van der Waals surface area (Å²) in [7, 11) is 4.98. The third kappa shape index (κ3) is 8.10. The van der Waals surface area contributed by atoms with Crippen LogP contribution in [-0.2, 0) is 22.7 Å². The molecule has 0 amide bonds. The summed E-state index contributed by atoms with van der Waals surface area (Å²) in [6, 6.07) is 13.9. The number of hydrogen-bond donors (Lipinski definition) is 3. The molecule has 2 aromatic rings. The Kier molecular flexibility index (Phi) is 9.18. The van der Waals surface area contributed by atoms with E-state index in [9.17, 15) is 0 Å². The molecule has 2 rings (SSSR count). The van der Waals surface area contributed by atoms with Crippen LogP contribution < -0.4 is 19.5 Å². The van der Waals surface area contributed by atoms with E-state index in [0.717, 1.165) is 35.9 Å². The summed E-state index contributed by atoms with van der Waals surface area (Å²) in [4.78, 5) is 18.2. The first-order valence-corrected chi connectivity index (χ1v) is 7.91. The lowest BCUT2D eigenvalue weighted by Crippen LogP contribution is -2.12. The predicted octanol–water partition coefficient (Wildman–Crippen LogP) is 2.16. The number of carbonyl (C=O) groups is 2. The molecule has 0 saturated carbocycles. The van der Waals surface area contributed by atoms with Crippen molar-refractivity contribution in [1.82, 2.24) is 5.32 Å². The van der Waals surface area contributed by atoms with Gasteiger partial charge in [0.1, 0.15) is 17.2 Å². The van der Waals surface area contributed by atoms with Crippen LogP contribution in [0.2, 0.25) is 0 Å². The monoisotopic (exact) mass is 377 g/mol. The Morgan fingerprint density at radius 3 is 1.59 bits per heavy atom. The minimum absolute atomic E-state index is 0.750. The Morgan fingerprint density at radius 1 is 0.741 bits per heavy atom. The molecule has 0 saturated heterocycles. The molecule has 0 aromatic heterocycles. The molecule has 0 radical (unpaired) electrons. The molecule has 3 N–H and O–H groups in total. The van der Waals surface area contributed by atoms with E-state index in [1.165, 1.54) is 5.56 Å². The lowest BCUT2D eigenvalue weighted by molar-refractivity contribution is -0.159. The molecule has 0 aliphatic heterocycles. The van der Waals surface area contributed by atoms with E-state index in [-0.39, 0.29) is 0 Å². The van der Waals surface area contributed by atoms with Gasteiger partial charge in [-0.2, -0.15) is 0 Å². The van der Waals surface area contributed by atoms with E-state index >= 15 is 0 Å². The Labute approximate surface area is 157 Å². The van der Waals surface area contributed by atoms with Gasteiger partial charge in [-0.25, -0.2) is 9.59 Å². The maximum Gasteiger partial charge on any atom is 0.414 e. The molecule has 146 valence electrons. The molecule has 0 fully saturated rings. The lowest BCUT2D eigenvalue weighted by atomic mass is 10.2. The molecule has 0 atom stereocenters. The Hall–Kier alpha value is -3.26. The first-order chi connectivity index (χ1) is 12.9. The van der Waals surface area contributed by atoms with Gasteiger partial charge >= 0.3 is 11.9 Å². The minimum atomic E-state index is -1.82. The van der Waals surface area contributed by atoms with Crippen molar-refractivity contribution in [2.45, 2.75) is 13.1 Å². The van der Waals surface area contributed by atoms with Crippen LogP contribution in [0.1, 0.15) is 11.1 Å². The summed E-state index contributed by atoms with van der Waals surface area (Å²) in [5.41, 5.74) is 2.34. The van der Waals surface area contributed by atoms with E-state index in [4.69, 9.17) is 34.0 Å². The summed E-state index contributed by atoms with van der Waals surface area (Å²) >= 11 is 0. The van der Waals surface area contributed by atoms with Crippen molar-refractivity contribution in [1.29, 1.82) is 0 Å². The van der Waals surface area contributed by atoms with Crippen molar-refractivity contribution in [2.75, 3.05) is 21.3 Å². The zero-order valence-corrected chi connectivity index (χ0v) is 15.4. The highest BCUT2D eigenvalue weighted by atomic mass is 16.5. The van der Waals surface area contributed by atoms with Gasteiger partial charge in [-0.15, -0.1) is 0 Å². The van der Waals surface area contributed by atoms with Crippen LogP contribution in [-0.4, -0.2) is 43.5 Å². The van der Waals surface area contributed by atoms with Gasteiger partial charge in [0.05, 0.1) is 21.3 Å². The number of hydrogen-bond acceptors (Lipinski definition) is 6. The van der Waals surface area contributed by atoms with Crippen molar-refractivity contribution >= 4 is 11.9 Å². The molecular formula is C19H23NO7. The largest absolute Gasteiger partial charge is 0.497 e. The second-order valence-electron chi connectivity index (χ2n) is 5.28. The maximum atomic E-state index is 9.10. The van der Waals surface area contributed by atoms with Crippen LogP contribution >= 0.6 is 0 Å². The second kappa shape index (κ2) is 11.4. The standard InChI is InChI=1S/C17H21NO3.C2H2O4/c1-19-15-6-4-13(5-7-15)11-18-12-14-8-16(20-2)10-17(9-14)21-3;3-1(4)2(5)6/h4-10,18H,11-12H2,1-3H3;(H,3,4)(H,5,6). The van der Waals surface area contributed by atoms with Gasteiger partial charge in [0.2, 0.25) is 0 Å². The van der Waals surface area contributed by atoms with Gasteiger partial charge in [-0.05, 0) is 35.4 Å². The van der Waals surface area contributed by atoms with Gasteiger partial charge in [0.15, 0.2) is 0 Å². The van der Waals surface area contributed by atoms with Gasteiger partial charge < -0.3 is 29.7 Å². The van der Waals surface area contributed by atoms with Crippen molar-refractivity contribution < 1.29 is 34.0 Å². The quantitative estimate of drug-likeness (QED) is 0.629. The molecule has 0 heterocycles. The van der Waals surface area contributed by atoms with Gasteiger partial charge in [0, 0.05) is 19.2 Å². The predicted molar refractivity (Wildman–Crippen MR) is 98.4 cm³/mol. The van der Waals surface area contributed by atoms with Crippen LogP contribution in [0.15, 0.2) is 42.5 Å². The molecule has 0 spiro atoms. The van der Waals surface area contributed by atoms with Crippen LogP contribution in [0.4, 0.5) is 0 Å². The van der Waals surface area contributed by atoms with Crippen molar-refractivity contribution in [3.05, 3.63) is 53.6 Å². The molecule has 2 aromatic carbocycles. The Morgan fingerprint density at radius 2 is 1.19 bits per heavy atom. The van der Waals surface area contributed by atoms with Crippen LogP contribution in [0, 0.1) is 0 Å². The fraction of sp³-hybridized carbons (Fsp3) is 0.263. The summed E-state index contributed by atoms with van der Waals surface area (Å²) in [5.74, 6) is -1.17. The molecule has 0 bridgehead atoms. The third-order valence-corrected chi connectivity index (χ3v) is 3.41. The highest BCUT2D eigenvalue weighted by Gasteiger charge is 2.04. The van der Waals surface area contributed by atoms with Crippen molar-refractivity contribution in [3.63, 3.8) is 0 Å². The molecule has 8 nitrogen and oxygen atoms in total. The average molecular weight is 377 g/mol. The molecular weight excluding hydrogens is 354 g/mol. The highest BCUT2D eigenvalue weighted by Crippen LogP contribution is 2.22. The molecule has 0 aliphatic rings. The third-order valence-electron chi connectivity index (χ3n) is 3.41. The second-order valence-corrected chi connectivity index (χ2v) is 5.28. The van der Waals surface area contributed by atoms with E-state index < -0.39 is 11.9 Å². The fourth-order valence-electron chi connectivity index (χ4n) is 2.06. The molecule has 27 heavy (non-hydrogen) atoms. The van der Waals surface area contributed by atoms with Crippen molar-refractivity contribution in [2.24, 2.45) is 0 Å². The van der Waals surface area contributed by atoms with E-state index in [2.05, 4.69) is 17.4 Å². The SMILES string of the molecule is COc1ccc(CNCc2cc(OC)cc(OC)c2)cc1.O=C(O)C(=O)O. The minimum Gasteiger partial charge on any atom is -0.497 e. The van der Waals surface area contributed by atoms with E-state index in [1.807, 2.05) is 30.3 Å². The number of nitrogens with one attached hydrogen (secondary N) is 1. The zero-order valence-electron chi connectivity index (χ0n) is 15.4. The number of aliphatic carboxylic acids is 2.